The highest BCUT2D eigenvalue weighted by Gasteiger charge is 2.23. The van der Waals surface area contributed by atoms with Gasteiger partial charge in [-0.3, -0.25) is 0 Å². The van der Waals surface area contributed by atoms with Crippen molar-refractivity contribution in [1.82, 2.24) is 0 Å². The molecule has 0 saturated heterocycles. The van der Waals surface area contributed by atoms with Crippen molar-refractivity contribution in [3.63, 3.8) is 0 Å². The molecule has 0 aliphatic rings. The Bertz CT molecular complexity index is 8100. The lowest BCUT2D eigenvalue weighted by Crippen LogP contribution is -2.12. The van der Waals surface area contributed by atoms with Gasteiger partial charge in [0.1, 0.15) is 0 Å². The lowest BCUT2D eigenvalue weighted by molar-refractivity contribution is 1.25. The van der Waals surface area contributed by atoms with Crippen LogP contribution < -0.4 is 29.4 Å². The van der Waals surface area contributed by atoms with E-state index in [0.717, 1.165) is 62.6 Å². The number of benzene rings is 24. The van der Waals surface area contributed by atoms with Crippen LogP contribution in [0.1, 0.15) is 27.8 Å². The highest BCUT2D eigenvalue weighted by Crippen LogP contribution is 2.47. The maximum absolute atomic E-state index is 2.38. The Labute approximate surface area is 828 Å². The molecule has 678 valence electrons. The fourth-order valence-corrected chi connectivity index (χ4v) is 18.6. The highest BCUT2D eigenvalue weighted by atomic mass is 15.2. The van der Waals surface area contributed by atoms with Crippen LogP contribution in [0.5, 0.6) is 0 Å². The monoisotopic (exact) mass is 1810 g/mol. The van der Waals surface area contributed by atoms with Crippen molar-refractivity contribution in [2.45, 2.75) is 34.6 Å². The molecule has 0 aliphatic carbocycles. The zero-order chi connectivity index (χ0) is 95.6. The van der Waals surface area contributed by atoms with Crippen LogP contribution in [0.3, 0.4) is 0 Å². The van der Waals surface area contributed by atoms with Gasteiger partial charge in [0.05, 0.1) is 17.1 Å². The Hall–Kier alpha value is -18.1. The van der Waals surface area contributed by atoms with Crippen molar-refractivity contribution in [2.24, 2.45) is 0 Å². The third kappa shape index (κ3) is 21.0. The normalized spacial score (nSPS) is 10.9. The molecule has 0 saturated carbocycles. The number of nitrogens with zero attached hydrogens (tertiary/aromatic N) is 6. The third-order valence-corrected chi connectivity index (χ3v) is 25.9. The molecule has 0 fully saturated rings. The van der Waals surface area contributed by atoms with Crippen molar-refractivity contribution in [1.29, 1.82) is 0 Å². The Kier molecular flexibility index (Phi) is 27.6. The number of rotatable bonds is 18. The summed E-state index contributed by atoms with van der Waals surface area (Å²) < 4.78 is 0. The third-order valence-electron chi connectivity index (χ3n) is 25.9. The summed E-state index contributed by atoms with van der Waals surface area (Å²) in [5.74, 6) is 0. The van der Waals surface area contributed by atoms with Gasteiger partial charge >= 0.3 is 0 Å². The zero-order valence-electron chi connectivity index (χ0n) is 79.9. The number of hydrogen-bond acceptors (Lipinski definition) is 6. The fourth-order valence-electron chi connectivity index (χ4n) is 18.6. The van der Waals surface area contributed by atoms with Crippen LogP contribution in [0.25, 0.3) is 75.4 Å². The molecule has 0 bridgehead atoms. The SMILES string of the molecule is Cc1ccc(N(c2ccc3ccccc3c2)c2ccc3ccccc3c2)cc1.Cc1ccc(N(c2ccc3ccccc3c2)c2cccc3ccccc23)cc1.Cc1ccc(N(c2cccc3ccccc23)c2cccc3ccccc23)cc1.Cc1ccc(N(c2ccccc2)c2ccc(N(c3ccccc3)c3ccccc3)cc2)cc1.Cc1ccc(N(c2ccccc2)c2ccc3ccccc3c2)cc1. The molecule has 0 amide bonds. The standard InChI is InChI=1S/C31H26N2.3C27H21N.C23H19N/c1-25-17-19-29(20-18-25)33(28-15-9-4-10-16-28)31-23-21-30(22-24-31)32(26-11-5-2-6-12-26)27-13-7-3-8-14-27;1-20-16-18-23(19-17-20)28(26-14-6-10-21-8-2-4-12-24(21)26)27-15-7-11-22-9-3-5-13-25(22)27;1-20-10-14-25(15-11-20)28(26-16-12-21-6-2-4-8-23(21)18-26)27-17-13-22-7-3-5-9-24(22)19-27;1-20-13-16-24(17-14-20)28(25-18-15-21-7-2-3-9-23(21)19-25)27-12-6-10-22-8-4-5-11-26(22)27;1-18-11-14-22(15-12-18)24(21-9-3-2-4-10-21)23-16-13-19-7-5-6-8-20(19)17-23/h2-24H,1H3;3*2-19H,1H3;2-17H,1H3. The van der Waals surface area contributed by atoms with Crippen molar-refractivity contribution in [3.8, 4) is 0 Å². The van der Waals surface area contributed by atoms with Gasteiger partial charge in [0.15, 0.2) is 0 Å². The summed E-state index contributed by atoms with van der Waals surface area (Å²) in [7, 11) is 0. The lowest BCUT2D eigenvalue weighted by Gasteiger charge is -2.28. The first-order chi connectivity index (χ1) is 69.5. The molecule has 0 aromatic heterocycles. The van der Waals surface area contributed by atoms with Crippen molar-refractivity contribution >= 4 is 178 Å². The second kappa shape index (κ2) is 42.9. The van der Waals surface area contributed by atoms with Crippen molar-refractivity contribution in [3.05, 3.63) is 592 Å². The molecule has 0 aliphatic heterocycles. The van der Waals surface area contributed by atoms with E-state index in [1.807, 2.05) is 0 Å². The molecule has 6 heteroatoms. The van der Waals surface area contributed by atoms with Crippen molar-refractivity contribution in [2.75, 3.05) is 29.4 Å². The molecule has 0 spiro atoms. The maximum atomic E-state index is 2.38. The molecule has 141 heavy (non-hydrogen) atoms. The summed E-state index contributed by atoms with van der Waals surface area (Å²) >= 11 is 0. The van der Waals surface area contributed by atoms with Crippen molar-refractivity contribution < 1.29 is 0 Å². The first-order valence-electron chi connectivity index (χ1n) is 48.3. The zero-order valence-corrected chi connectivity index (χ0v) is 79.9. The minimum absolute atomic E-state index is 1.12. The van der Waals surface area contributed by atoms with E-state index in [4.69, 9.17) is 0 Å². The Morgan fingerprint density at radius 1 is 0.0993 bits per heavy atom. The van der Waals surface area contributed by atoms with E-state index >= 15 is 0 Å². The molecule has 24 aromatic carbocycles. The number of aryl methyl sites for hydroxylation is 5. The number of hydrogen-bond donors (Lipinski definition) is 0. The van der Waals surface area contributed by atoms with E-state index in [1.54, 1.807) is 0 Å². The van der Waals surface area contributed by atoms with Crippen LogP contribution in [-0.2, 0) is 0 Å². The predicted octanol–water partition coefficient (Wildman–Crippen LogP) is 38.9. The molecule has 0 N–H and O–H groups in total. The van der Waals surface area contributed by atoms with E-state index in [9.17, 15) is 0 Å². The summed E-state index contributed by atoms with van der Waals surface area (Å²) in [6.07, 6.45) is 0. The second-order valence-corrected chi connectivity index (χ2v) is 35.7. The first kappa shape index (κ1) is 90.7. The smallest absolute Gasteiger partial charge is 0.0540 e. The molecule has 0 radical (unpaired) electrons. The quantitative estimate of drug-likeness (QED) is 0.0847. The maximum Gasteiger partial charge on any atom is 0.0540 e. The van der Waals surface area contributed by atoms with Crippen LogP contribution in [0, 0.1) is 34.6 Å². The van der Waals surface area contributed by atoms with Crippen LogP contribution in [-0.4, -0.2) is 0 Å². The molecule has 24 rings (SSSR count). The van der Waals surface area contributed by atoms with Gasteiger partial charge in [-0.15, -0.1) is 0 Å². The van der Waals surface area contributed by atoms with Gasteiger partial charge in [-0.05, 0) is 294 Å². The molecular formula is C135H108N6. The molecule has 6 nitrogen and oxygen atoms in total. The number of para-hydroxylation sites is 4. The van der Waals surface area contributed by atoms with E-state index in [0.29, 0.717) is 0 Å². The number of fused-ring (bicyclic) bond motifs is 7. The van der Waals surface area contributed by atoms with Crippen LogP contribution >= 0.6 is 0 Å². The van der Waals surface area contributed by atoms with Gasteiger partial charge in [0, 0.05) is 101 Å². The lowest BCUT2D eigenvalue weighted by atomic mass is 10.0. The van der Waals surface area contributed by atoms with Crippen LogP contribution in [0.15, 0.2) is 564 Å². The Balaban J connectivity index is 0.000000108. The summed E-state index contributed by atoms with van der Waals surface area (Å²) in [5.41, 5.74) is 27.2. The molecular weight excluding hydrogens is 1710 g/mol. The predicted molar refractivity (Wildman–Crippen MR) is 607 cm³/mol. The topological polar surface area (TPSA) is 19.4 Å². The molecule has 0 atom stereocenters. The minimum atomic E-state index is 1.12. The van der Waals surface area contributed by atoms with Crippen LogP contribution in [0.4, 0.5) is 102 Å². The van der Waals surface area contributed by atoms with E-state index in [2.05, 4.69) is 628 Å². The Morgan fingerprint density at radius 3 is 0.511 bits per heavy atom. The average molecular weight is 1810 g/mol. The largest absolute Gasteiger partial charge is 0.311 e. The summed E-state index contributed by atoms with van der Waals surface area (Å²) in [6.45, 7) is 10.6. The summed E-state index contributed by atoms with van der Waals surface area (Å²) in [4.78, 5) is 13.9. The van der Waals surface area contributed by atoms with Gasteiger partial charge in [0.2, 0.25) is 0 Å². The van der Waals surface area contributed by atoms with Crippen LogP contribution in [0.2, 0.25) is 0 Å². The van der Waals surface area contributed by atoms with Gasteiger partial charge < -0.3 is 29.4 Å². The fraction of sp³-hybridized carbons (Fsp3) is 0.0370. The number of anilines is 18. The summed E-state index contributed by atoms with van der Waals surface area (Å²) in [6, 6.07) is 200. The van der Waals surface area contributed by atoms with E-state index in [1.165, 1.54) is 143 Å². The second-order valence-electron chi connectivity index (χ2n) is 35.7. The Morgan fingerprint density at radius 2 is 0.255 bits per heavy atom. The van der Waals surface area contributed by atoms with E-state index in [-0.39, 0.29) is 0 Å². The highest BCUT2D eigenvalue weighted by molar-refractivity contribution is 6.06. The van der Waals surface area contributed by atoms with Gasteiger partial charge in [-0.2, -0.15) is 0 Å². The van der Waals surface area contributed by atoms with Gasteiger partial charge in [0.25, 0.3) is 0 Å². The van der Waals surface area contributed by atoms with E-state index < -0.39 is 0 Å². The molecule has 0 heterocycles. The van der Waals surface area contributed by atoms with Gasteiger partial charge in [-0.25, -0.2) is 0 Å². The molecule has 0 unspecified atom stereocenters. The van der Waals surface area contributed by atoms with Gasteiger partial charge in [-0.1, -0.05) is 392 Å². The first-order valence-corrected chi connectivity index (χ1v) is 48.3. The minimum Gasteiger partial charge on any atom is -0.311 e. The summed E-state index contributed by atoms with van der Waals surface area (Å²) in [5, 5.41) is 17.5. The molecule has 24 aromatic rings. The average Bonchev–Trinajstić information content (AvgIpc) is 0.707.